The molecule has 0 bridgehead atoms. The highest BCUT2D eigenvalue weighted by atomic mass is 19.4. The van der Waals surface area contributed by atoms with Crippen molar-refractivity contribution < 1.29 is 22.6 Å². The van der Waals surface area contributed by atoms with E-state index in [1.54, 1.807) is 6.08 Å². The predicted molar refractivity (Wildman–Crippen MR) is 114 cm³/mol. The summed E-state index contributed by atoms with van der Waals surface area (Å²) in [5.74, 6) is 1.44. The maximum Gasteiger partial charge on any atom is 0.416 e. The van der Waals surface area contributed by atoms with Crippen molar-refractivity contribution in [3.8, 4) is 11.5 Å². The van der Waals surface area contributed by atoms with Gasteiger partial charge in [0, 0.05) is 12.1 Å². The fourth-order valence-corrected chi connectivity index (χ4v) is 3.18. The zero-order valence-electron chi connectivity index (χ0n) is 17.3. The van der Waals surface area contributed by atoms with Crippen LogP contribution in [0.5, 0.6) is 11.5 Å². The van der Waals surface area contributed by atoms with E-state index >= 15 is 0 Å². The average Bonchev–Trinajstić information content (AvgIpc) is 2.74. The van der Waals surface area contributed by atoms with E-state index in [4.69, 9.17) is 9.47 Å². The number of hydrogen-bond acceptors (Lipinski definition) is 3. The van der Waals surface area contributed by atoms with E-state index in [0.29, 0.717) is 31.1 Å². The largest absolute Gasteiger partial charge is 0.490 e. The summed E-state index contributed by atoms with van der Waals surface area (Å²) in [6, 6.07) is 9.08. The molecule has 0 amide bonds. The molecule has 0 saturated carbocycles. The third kappa shape index (κ3) is 5.43. The van der Waals surface area contributed by atoms with Crippen LogP contribution in [0.3, 0.4) is 0 Å². The smallest absolute Gasteiger partial charge is 0.416 e. The number of nitrogens with zero attached hydrogens (tertiary/aromatic N) is 1. The van der Waals surface area contributed by atoms with Crippen molar-refractivity contribution in [2.75, 3.05) is 19.8 Å². The van der Waals surface area contributed by atoms with Gasteiger partial charge in [-0.3, -0.25) is 4.99 Å². The van der Waals surface area contributed by atoms with Gasteiger partial charge < -0.3 is 9.47 Å². The molecule has 3 nitrogen and oxygen atoms in total. The van der Waals surface area contributed by atoms with E-state index < -0.39 is 11.7 Å². The molecule has 160 valence electrons. The van der Waals surface area contributed by atoms with Crippen LogP contribution in [0.2, 0.25) is 0 Å². The standard InChI is InChI=1S/C24H26F3NO2/c1-3-13-29-22-15-18-11-12-28-21(20(18)16-23(22)30-14-4-2)10-7-17-5-8-19(9-6-17)24(25,26)27/h5-10,15-16H,3-4,11-14H2,1-2H3. The Morgan fingerprint density at radius 1 is 0.933 bits per heavy atom. The van der Waals surface area contributed by atoms with E-state index in [1.807, 2.05) is 25.1 Å². The van der Waals surface area contributed by atoms with Crippen LogP contribution in [0.25, 0.3) is 6.08 Å². The van der Waals surface area contributed by atoms with Crippen LogP contribution in [0.15, 0.2) is 47.5 Å². The first kappa shape index (κ1) is 21.9. The Labute approximate surface area is 175 Å². The Hall–Kier alpha value is -2.76. The van der Waals surface area contributed by atoms with Gasteiger partial charge in [0.25, 0.3) is 0 Å². The fraction of sp³-hybridized carbons (Fsp3) is 0.375. The van der Waals surface area contributed by atoms with Gasteiger partial charge in [-0.15, -0.1) is 0 Å². The Morgan fingerprint density at radius 2 is 1.57 bits per heavy atom. The van der Waals surface area contributed by atoms with Crippen LogP contribution in [-0.4, -0.2) is 25.5 Å². The first-order valence-corrected chi connectivity index (χ1v) is 10.2. The van der Waals surface area contributed by atoms with Gasteiger partial charge in [-0.2, -0.15) is 13.2 Å². The van der Waals surface area contributed by atoms with Crippen molar-refractivity contribution in [3.63, 3.8) is 0 Å². The summed E-state index contributed by atoms with van der Waals surface area (Å²) < 4.78 is 50.0. The Kier molecular flexibility index (Phi) is 7.19. The molecule has 0 atom stereocenters. The van der Waals surface area contributed by atoms with Crippen molar-refractivity contribution in [2.24, 2.45) is 4.99 Å². The van der Waals surface area contributed by atoms with Crippen molar-refractivity contribution >= 4 is 11.8 Å². The Morgan fingerprint density at radius 3 is 2.17 bits per heavy atom. The SMILES string of the molecule is CCCOc1cc2c(cc1OCCC)C(C=Cc1ccc(C(F)(F)F)cc1)=NCC2. The fourth-order valence-electron chi connectivity index (χ4n) is 3.18. The number of benzene rings is 2. The molecule has 0 N–H and O–H groups in total. The zero-order chi connectivity index (χ0) is 21.6. The lowest BCUT2D eigenvalue weighted by molar-refractivity contribution is -0.137. The second-order valence-corrected chi connectivity index (χ2v) is 7.12. The van der Waals surface area contributed by atoms with E-state index in [9.17, 15) is 13.2 Å². The number of fused-ring (bicyclic) bond motifs is 1. The summed E-state index contributed by atoms with van der Waals surface area (Å²) in [5, 5.41) is 0. The summed E-state index contributed by atoms with van der Waals surface area (Å²) in [5.41, 5.74) is 2.92. The first-order valence-electron chi connectivity index (χ1n) is 10.2. The number of alkyl halides is 3. The number of halogens is 3. The van der Waals surface area contributed by atoms with Crippen molar-refractivity contribution in [3.05, 3.63) is 64.7 Å². The molecule has 30 heavy (non-hydrogen) atoms. The molecule has 0 saturated heterocycles. The third-order valence-electron chi connectivity index (χ3n) is 4.70. The van der Waals surface area contributed by atoms with Crippen LogP contribution < -0.4 is 9.47 Å². The van der Waals surface area contributed by atoms with Crippen molar-refractivity contribution in [2.45, 2.75) is 39.3 Å². The van der Waals surface area contributed by atoms with Gasteiger partial charge in [-0.25, -0.2) is 0 Å². The van der Waals surface area contributed by atoms with Gasteiger partial charge in [0.15, 0.2) is 11.5 Å². The summed E-state index contributed by atoms with van der Waals surface area (Å²) in [4.78, 5) is 4.61. The van der Waals surface area contributed by atoms with Gasteiger partial charge in [0.2, 0.25) is 0 Å². The monoisotopic (exact) mass is 417 g/mol. The van der Waals surface area contributed by atoms with Crippen LogP contribution in [0.4, 0.5) is 13.2 Å². The summed E-state index contributed by atoms with van der Waals surface area (Å²) in [7, 11) is 0. The molecule has 0 fully saturated rings. The molecule has 1 aliphatic heterocycles. The quantitative estimate of drug-likeness (QED) is 0.502. The van der Waals surface area contributed by atoms with Gasteiger partial charge in [0.1, 0.15) is 0 Å². The molecule has 0 aliphatic carbocycles. The molecule has 0 radical (unpaired) electrons. The maximum absolute atomic E-state index is 12.7. The molecule has 2 aromatic carbocycles. The lowest BCUT2D eigenvalue weighted by Crippen LogP contribution is -2.13. The van der Waals surface area contributed by atoms with E-state index in [2.05, 4.69) is 11.9 Å². The number of hydrogen-bond donors (Lipinski definition) is 0. The molecule has 2 aromatic rings. The van der Waals surface area contributed by atoms with Gasteiger partial charge in [0.05, 0.1) is 24.5 Å². The first-order chi connectivity index (χ1) is 14.4. The minimum atomic E-state index is -4.33. The highest BCUT2D eigenvalue weighted by molar-refractivity contribution is 6.12. The van der Waals surface area contributed by atoms with E-state index in [0.717, 1.165) is 54.0 Å². The Balaban J connectivity index is 1.86. The molecule has 1 aliphatic rings. The van der Waals surface area contributed by atoms with Crippen LogP contribution in [0.1, 0.15) is 48.9 Å². The summed E-state index contributed by atoms with van der Waals surface area (Å²) in [6.45, 7) is 5.97. The van der Waals surface area contributed by atoms with Crippen LogP contribution >= 0.6 is 0 Å². The molecule has 1 heterocycles. The van der Waals surface area contributed by atoms with E-state index in [1.165, 1.54) is 12.1 Å². The summed E-state index contributed by atoms with van der Waals surface area (Å²) in [6.07, 6.45) is 1.90. The zero-order valence-corrected chi connectivity index (χ0v) is 17.3. The number of aliphatic imine (C=N–C) groups is 1. The summed E-state index contributed by atoms with van der Waals surface area (Å²) >= 11 is 0. The molecule has 0 aromatic heterocycles. The second-order valence-electron chi connectivity index (χ2n) is 7.12. The topological polar surface area (TPSA) is 30.8 Å². The second kappa shape index (κ2) is 9.83. The van der Waals surface area contributed by atoms with Crippen LogP contribution in [-0.2, 0) is 12.6 Å². The lowest BCUT2D eigenvalue weighted by atomic mass is 9.96. The molecule has 0 unspecified atom stereocenters. The van der Waals surface area contributed by atoms with Gasteiger partial charge in [-0.05, 0) is 60.7 Å². The van der Waals surface area contributed by atoms with Crippen LogP contribution in [0, 0.1) is 0 Å². The third-order valence-corrected chi connectivity index (χ3v) is 4.70. The van der Waals surface area contributed by atoms with E-state index in [-0.39, 0.29) is 0 Å². The lowest BCUT2D eigenvalue weighted by Gasteiger charge is -2.20. The Bertz CT molecular complexity index is 915. The molecular weight excluding hydrogens is 391 g/mol. The predicted octanol–water partition coefficient (Wildman–Crippen LogP) is 6.34. The number of allylic oxidation sites excluding steroid dienone is 1. The highest BCUT2D eigenvalue weighted by Gasteiger charge is 2.29. The van der Waals surface area contributed by atoms with Gasteiger partial charge in [-0.1, -0.05) is 32.1 Å². The minimum absolute atomic E-state index is 0.592. The number of ether oxygens (including phenoxy) is 2. The molecule has 0 spiro atoms. The highest BCUT2D eigenvalue weighted by Crippen LogP contribution is 2.34. The maximum atomic E-state index is 12.7. The molecular formula is C24H26F3NO2. The molecule has 3 rings (SSSR count). The normalized spacial score (nSPS) is 13.8. The average molecular weight is 417 g/mol. The van der Waals surface area contributed by atoms with Crippen molar-refractivity contribution in [1.82, 2.24) is 0 Å². The number of rotatable bonds is 8. The molecule has 6 heteroatoms. The minimum Gasteiger partial charge on any atom is -0.490 e. The van der Waals surface area contributed by atoms with Crippen molar-refractivity contribution in [1.29, 1.82) is 0 Å². The van der Waals surface area contributed by atoms with Gasteiger partial charge >= 0.3 is 6.18 Å².